The standard InChI is InChI=1S/C19H16BrN3O2/c20-19-15-6-2-1-5-13(15)9-10-18(19)25-12-14(24)11-23-17-8-4-3-7-16(17)21-22-23/h1-10,14,24H,11-12H2/t14-/m1/s1. The number of aromatic nitrogens is 3. The summed E-state index contributed by atoms with van der Waals surface area (Å²) in [6, 6.07) is 19.7. The van der Waals surface area contributed by atoms with Gasteiger partial charge in [0.2, 0.25) is 0 Å². The van der Waals surface area contributed by atoms with Gasteiger partial charge >= 0.3 is 0 Å². The predicted octanol–water partition coefficient (Wildman–Crippen LogP) is 3.79. The van der Waals surface area contributed by atoms with E-state index in [0.29, 0.717) is 12.3 Å². The second-order valence-electron chi connectivity index (χ2n) is 5.82. The molecule has 1 atom stereocenters. The highest BCUT2D eigenvalue weighted by atomic mass is 79.9. The van der Waals surface area contributed by atoms with E-state index in [2.05, 4.69) is 32.3 Å². The Kier molecular flexibility index (Phi) is 4.38. The molecular weight excluding hydrogens is 382 g/mol. The summed E-state index contributed by atoms with van der Waals surface area (Å²) in [5, 5.41) is 20.7. The van der Waals surface area contributed by atoms with E-state index in [1.165, 1.54) is 0 Å². The molecule has 25 heavy (non-hydrogen) atoms. The summed E-state index contributed by atoms with van der Waals surface area (Å²) in [5.41, 5.74) is 1.71. The Bertz CT molecular complexity index is 1030. The zero-order chi connectivity index (χ0) is 17.2. The summed E-state index contributed by atoms with van der Waals surface area (Å²) < 4.78 is 8.39. The van der Waals surface area contributed by atoms with E-state index in [9.17, 15) is 5.11 Å². The van der Waals surface area contributed by atoms with Crippen LogP contribution in [0.2, 0.25) is 0 Å². The number of ether oxygens (including phenoxy) is 1. The molecular formula is C19H16BrN3O2. The normalized spacial score (nSPS) is 12.6. The number of fused-ring (bicyclic) bond motifs is 2. The largest absolute Gasteiger partial charge is 0.490 e. The lowest BCUT2D eigenvalue weighted by atomic mass is 10.1. The number of halogens is 1. The van der Waals surface area contributed by atoms with Gasteiger partial charge in [-0.05, 0) is 44.9 Å². The summed E-state index contributed by atoms with van der Waals surface area (Å²) in [6.45, 7) is 0.497. The highest BCUT2D eigenvalue weighted by Crippen LogP contribution is 2.33. The summed E-state index contributed by atoms with van der Waals surface area (Å²) in [5.74, 6) is 0.709. The minimum Gasteiger partial charge on any atom is -0.490 e. The van der Waals surface area contributed by atoms with Gasteiger partial charge in [-0.3, -0.25) is 0 Å². The highest BCUT2D eigenvalue weighted by molar-refractivity contribution is 9.10. The van der Waals surface area contributed by atoms with Gasteiger partial charge in [0, 0.05) is 0 Å². The first-order valence-corrected chi connectivity index (χ1v) is 8.78. The van der Waals surface area contributed by atoms with Crippen molar-refractivity contribution in [1.29, 1.82) is 0 Å². The molecule has 0 aliphatic heterocycles. The van der Waals surface area contributed by atoms with Gasteiger partial charge in [-0.2, -0.15) is 0 Å². The molecule has 126 valence electrons. The molecule has 3 aromatic carbocycles. The van der Waals surface area contributed by atoms with E-state index >= 15 is 0 Å². The van der Waals surface area contributed by atoms with Crippen molar-refractivity contribution in [2.45, 2.75) is 12.6 Å². The summed E-state index contributed by atoms with van der Waals surface area (Å²) >= 11 is 3.59. The van der Waals surface area contributed by atoms with E-state index in [0.717, 1.165) is 26.3 Å². The van der Waals surface area contributed by atoms with Crippen molar-refractivity contribution >= 4 is 37.7 Å². The maximum atomic E-state index is 10.3. The molecule has 0 radical (unpaired) electrons. The maximum absolute atomic E-state index is 10.3. The van der Waals surface area contributed by atoms with Crippen LogP contribution in [0.5, 0.6) is 5.75 Å². The van der Waals surface area contributed by atoms with Gasteiger partial charge in [-0.25, -0.2) is 4.68 Å². The van der Waals surface area contributed by atoms with Crippen molar-refractivity contribution < 1.29 is 9.84 Å². The Morgan fingerprint density at radius 1 is 1.04 bits per heavy atom. The molecule has 0 saturated carbocycles. The number of nitrogens with zero attached hydrogens (tertiary/aromatic N) is 3. The second-order valence-corrected chi connectivity index (χ2v) is 6.62. The van der Waals surface area contributed by atoms with Crippen LogP contribution in [0.15, 0.2) is 65.1 Å². The number of rotatable bonds is 5. The number of aliphatic hydroxyl groups is 1. The fraction of sp³-hybridized carbons (Fsp3) is 0.158. The number of hydrogen-bond donors (Lipinski definition) is 1. The Hall–Kier alpha value is -2.44. The van der Waals surface area contributed by atoms with Crippen molar-refractivity contribution in [2.24, 2.45) is 0 Å². The molecule has 1 aromatic heterocycles. The lowest BCUT2D eigenvalue weighted by molar-refractivity contribution is 0.0897. The van der Waals surface area contributed by atoms with E-state index in [1.54, 1.807) is 4.68 Å². The van der Waals surface area contributed by atoms with Gasteiger partial charge in [-0.15, -0.1) is 5.10 Å². The van der Waals surface area contributed by atoms with Crippen molar-refractivity contribution in [3.8, 4) is 5.75 Å². The Labute approximate surface area is 153 Å². The smallest absolute Gasteiger partial charge is 0.134 e. The van der Waals surface area contributed by atoms with Crippen LogP contribution < -0.4 is 4.74 Å². The third-order valence-electron chi connectivity index (χ3n) is 4.06. The van der Waals surface area contributed by atoms with E-state index in [-0.39, 0.29) is 6.61 Å². The topological polar surface area (TPSA) is 60.2 Å². The molecule has 1 heterocycles. The molecule has 0 aliphatic rings. The molecule has 1 N–H and O–H groups in total. The van der Waals surface area contributed by atoms with Gasteiger partial charge in [0.1, 0.15) is 24.0 Å². The monoisotopic (exact) mass is 397 g/mol. The van der Waals surface area contributed by atoms with Crippen LogP contribution in [0.25, 0.3) is 21.8 Å². The van der Waals surface area contributed by atoms with Gasteiger partial charge in [0.25, 0.3) is 0 Å². The number of benzene rings is 3. The summed E-state index contributed by atoms with van der Waals surface area (Å²) in [7, 11) is 0. The molecule has 0 spiro atoms. The quantitative estimate of drug-likeness (QED) is 0.556. The lowest BCUT2D eigenvalue weighted by Crippen LogP contribution is -2.24. The van der Waals surface area contributed by atoms with E-state index < -0.39 is 6.10 Å². The Morgan fingerprint density at radius 3 is 2.76 bits per heavy atom. The van der Waals surface area contributed by atoms with Crippen LogP contribution in [-0.4, -0.2) is 32.8 Å². The molecule has 0 bridgehead atoms. The number of hydrogen-bond acceptors (Lipinski definition) is 4. The van der Waals surface area contributed by atoms with Gasteiger partial charge < -0.3 is 9.84 Å². The fourth-order valence-electron chi connectivity index (χ4n) is 2.82. The molecule has 0 amide bonds. The predicted molar refractivity (Wildman–Crippen MR) is 101 cm³/mol. The van der Waals surface area contributed by atoms with E-state index in [1.807, 2.05) is 54.6 Å². The molecule has 4 aromatic rings. The van der Waals surface area contributed by atoms with Crippen LogP contribution in [0.1, 0.15) is 0 Å². The number of aliphatic hydroxyl groups excluding tert-OH is 1. The van der Waals surface area contributed by atoms with Gasteiger partial charge in [0.15, 0.2) is 0 Å². The molecule has 0 unspecified atom stereocenters. The van der Waals surface area contributed by atoms with Crippen molar-refractivity contribution in [1.82, 2.24) is 15.0 Å². The first-order valence-electron chi connectivity index (χ1n) is 7.99. The lowest BCUT2D eigenvalue weighted by Gasteiger charge is -2.14. The van der Waals surface area contributed by atoms with E-state index in [4.69, 9.17) is 4.74 Å². The van der Waals surface area contributed by atoms with Crippen molar-refractivity contribution in [3.63, 3.8) is 0 Å². The first-order chi connectivity index (χ1) is 12.2. The first kappa shape index (κ1) is 16.1. The Balaban J connectivity index is 1.47. The SMILES string of the molecule is O[C@@H](COc1ccc2ccccc2c1Br)Cn1nnc2ccccc21. The summed E-state index contributed by atoms with van der Waals surface area (Å²) in [4.78, 5) is 0. The van der Waals surface area contributed by atoms with Crippen LogP contribution in [0, 0.1) is 0 Å². The molecule has 0 aliphatic carbocycles. The third kappa shape index (κ3) is 3.23. The average Bonchev–Trinajstić information content (AvgIpc) is 3.04. The van der Waals surface area contributed by atoms with Crippen LogP contribution in [-0.2, 0) is 6.54 Å². The molecule has 5 nitrogen and oxygen atoms in total. The fourth-order valence-corrected chi connectivity index (χ4v) is 3.42. The van der Waals surface area contributed by atoms with Crippen molar-refractivity contribution in [3.05, 3.63) is 65.1 Å². The Morgan fingerprint density at radius 2 is 1.84 bits per heavy atom. The summed E-state index contributed by atoms with van der Waals surface area (Å²) in [6.07, 6.45) is -0.691. The minimum atomic E-state index is -0.691. The zero-order valence-electron chi connectivity index (χ0n) is 13.3. The second kappa shape index (κ2) is 6.82. The third-order valence-corrected chi connectivity index (χ3v) is 4.88. The molecule has 4 rings (SSSR count). The minimum absolute atomic E-state index is 0.172. The molecule has 0 fully saturated rings. The van der Waals surface area contributed by atoms with Gasteiger partial charge in [-0.1, -0.05) is 47.7 Å². The highest BCUT2D eigenvalue weighted by Gasteiger charge is 2.12. The van der Waals surface area contributed by atoms with Crippen LogP contribution in [0.4, 0.5) is 0 Å². The molecule has 6 heteroatoms. The van der Waals surface area contributed by atoms with Crippen LogP contribution in [0.3, 0.4) is 0 Å². The molecule has 0 saturated heterocycles. The van der Waals surface area contributed by atoms with Crippen LogP contribution >= 0.6 is 15.9 Å². The van der Waals surface area contributed by atoms with Crippen molar-refractivity contribution in [2.75, 3.05) is 6.61 Å². The van der Waals surface area contributed by atoms with Gasteiger partial charge in [0.05, 0.1) is 16.5 Å². The maximum Gasteiger partial charge on any atom is 0.134 e. The number of para-hydroxylation sites is 1. The zero-order valence-corrected chi connectivity index (χ0v) is 14.9. The average molecular weight is 398 g/mol.